The number of guanidine groups is 1. The van der Waals surface area contributed by atoms with Gasteiger partial charge in [0, 0.05) is 26.2 Å². The molecule has 6 heteroatoms. The first-order valence-electron chi connectivity index (χ1n) is 7.92. The third kappa shape index (κ3) is 5.47. The number of aliphatic imine (C=N–C) groups is 1. The number of carbonyl (C=O) groups excluding carboxylic acids is 1. The molecule has 0 aliphatic carbocycles. The van der Waals surface area contributed by atoms with Gasteiger partial charge in [0.25, 0.3) is 0 Å². The van der Waals surface area contributed by atoms with Crippen LogP contribution in [0.15, 0.2) is 35.3 Å². The average Bonchev–Trinajstić information content (AvgIpc) is 2.52. The highest BCUT2D eigenvalue weighted by Gasteiger charge is 2.26. The van der Waals surface area contributed by atoms with Crippen LogP contribution in [0, 0.1) is 0 Å². The summed E-state index contributed by atoms with van der Waals surface area (Å²) in [6.07, 6.45) is -0.267. The normalized spacial score (nSPS) is 16.4. The Hall–Kier alpha value is -2.24. The second-order valence-electron chi connectivity index (χ2n) is 6.61. The standard InChI is InChI=1S/C17H26N4O2/c1-17(2,3)23-16(22)21-11-9-20(10-12-21)15(18)19-13-14-7-5-4-6-8-14/h4-8H,9-13H2,1-3H3,(H2,18,19). The topological polar surface area (TPSA) is 71.2 Å². The van der Waals surface area contributed by atoms with Crippen LogP contribution in [0.3, 0.4) is 0 Å². The molecule has 1 saturated heterocycles. The summed E-state index contributed by atoms with van der Waals surface area (Å²) in [5.41, 5.74) is 6.72. The van der Waals surface area contributed by atoms with E-state index in [4.69, 9.17) is 10.5 Å². The first-order valence-corrected chi connectivity index (χ1v) is 7.92. The van der Waals surface area contributed by atoms with Gasteiger partial charge in [-0.25, -0.2) is 9.79 Å². The maximum absolute atomic E-state index is 12.0. The van der Waals surface area contributed by atoms with E-state index in [2.05, 4.69) is 4.99 Å². The summed E-state index contributed by atoms with van der Waals surface area (Å²) in [6.45, 7) is 8.71. The van der Waals surface area contributed by atoms with E-state index in [1.807, 2.05) is 56.0 Å². The number of benzene rings is 1. The Balaban J connectivity index is 1.82. The molecule has 0 atom stereocenters. The van der Waals surface area contributed by atoms with Crippen molar-refractivity contribution in [2.45, 2.75) is 32.9 Å². The van der Waals surface area contributed by atoms with Crippen LogP contribution in [0.25, 0.3) is 0 Å². The molecule has 126 valence electrons. The molecule has 1 fully saturated rings. The summed E-state index contributed by atoms with van der Waals surface area (Å²) in [5, 5.41) is 0. The van der Waals surface area contributed by atoms with Gasteiger partial charge in [-0.1, -0.05) is 30.3 Å². The van der Waals surface area contributed by atoms with Crippen molar-refractivity contribution in [1.29, 1.82) is 0 Å². The molecule has 1 heterocycles. The van der Waals surface area contributed by atoms with Gasteiger partial charge in [-0.05, 0) is 26.3 Å². The number of carbonyl (C=O) groups is 1. The van der Waals surface area contributed by atoms with Gasteiger partial charge in [0.15, 0.2) is 5.96 Å². The van der Waals surface area contributed by atoms with Gasteiger partial charge in [-0.15, -0.1) is 0 Å². The van der Waals surface area contributed by atoms with E-state index < -0.39 is 5.60 Å². The highest BCUT2D eigenvalue weighted by Crippen LogP contribution is 2.12. The van der Waals surface area contributed by atoms with E-state index in [-0.39, 0.29) is 6.09 Å². The molecule has 0 saturated carbocycles. The van der Waals surface area contributed by atoms with Crippen molar-refractivity contribution in [3.63, 3.8) is 0 Å². The SMILES string of the molecule is CC(C)(C)OC(=O)N1CCN(C(N)=NCc2ccccc2)CC1. The van der Waals surface area contributed by atoms with Crippen LogP contribution in [0.1, 0.15) is 26.3 Å². The lowest BCUT2D eigenvalue weighted by molar-refractivity contribution is 0.0186. The van der Waals surface area contributed by atoms with Crippen molar-refractivity contribution in [1.82, 2.24) is 9.80 Å². The summed E-state index contributed by atoms with van der Waals surface area (Å²) in [7, 11) is 0. The second kappa shape index (κ2) is 7.35. The Morgan fingerprint density at radius 2 is 1.70 bits per heavy atom. The van der Waals surface area contributed by atoms with Crippen molar-refractivity contribution in [3.8, 4) is 0 Å². The van der Waals surface area contributed by atoms with Gasteiger partial charge < -0.3 is 20.3 Å². The Morgan fingerprint density at radius 3 is 2.26 bits per heavy atom. The number of amides is 1. The fourth-order valence-electron chi connectivity index (χ4n) is 2.30. The van der Waals surface area contributed by atoms with Crippen molar-refractivity contribution >= 4 is 12.1 Å². The molecule has 1 aliphatic rings. The molecule has 0 unspecified atom stereocenters. The van der Waals surface area contributed by atoms with E-state index in [0.717, 1.165) is 5.56 Å². The zero-order valence-electron chi connectivity index (χ0n) is 14.2. The molecule has 2 N–H and O–H groups in total. The van der Waals surface area contributed by atoms with Crippen LogP contribution in [0.4, 0.5) is 4.79 Å². The van der Waals surface area contributed by atoms with Gasteiger partial charge >= 0.3 is 6.09 Å². The Bertz CT molecular complexity index is 543. The number of hydrogen-bond donors (Lipinski definition) is 1. The number of nitrogens with two attached hydrogens (primary N) is 1. The molecule has 0 aromatic heterocycles. The first kappa shape index (κ1) is 17.1. The van der Waals surface area contributed by atoms with Gasteiger partial charge in [0.1, 0.15) is 5.60 Å². The molecule has 1 amide bonds. The number of ether oxygens (including phenoxy) is 1. The molecule has 0 radical (unpaired) electrons. The summed E-state index contributed by atoms with van der Waals surface area (Å²) in [4.78, 5) is 20.2. The molecular formula is C17H26N4O2. The largest absolute Gasteiger partial charge is 0.444 e. The quantitative estimate of drug-likeness (QED) is 0.669. The third-order valence-electron chi connectivity index (χ3n) is 3.52. The van der Waals surface area contributed by atoms with Crippen LogP contribution in [-0.2, 0) is 11.3 Å². The van der Waals surface area contributed by atoms with Crippen LogP contribution >= 0.6 is 0 Å². The maximum Gasteiger partial charge on any atom is 0.410 e. The van der Waals surface area contributed by atoms with E-state index in [1.54, 1.807) is 4.90 Å². The van der Waals surface area contributed by atoms with Gasteiger partial charge in [-0.3, -0.25) is 0 Å². The lowest BCUT2D eigenvalue weighted by Crippen LogP contribution is -2.53. The Kier molecular flexibility index (Phi) is 5.47. The number of rotatable bonds is 2. The van der Waals surface area contributed by atoms with Crippen molar-refractivity contribution in [3.05, 3.63) is 35.9 Å². The molecule has 2 rings (SSSR count). The minimum Gasteiger partial charge on any atom is -0.444 e. The van der Waals surface area contributed by atoms with Crippen molar-refractivity contribution < 1.29 is 9.53 Å². The second-order valence-corrected chi connectivity index (χ2v) is 6.61. The molecule has 1 aromatic carbocycles. The molecule has 1 aromatic rings. The summed E-state index contributed by atoms with van der Waals surface area (Å²) < 4.78 is 5.39. The molecule has 0 spiro atoms. The Labute approximate surface area is 137 Å². The first-order chi connectivity index (χ1) is 10.8. The molecule has 6 nitrogen and oxygen atoms in total. The monoisotopic (exact) mass is 318 g/mol. The molecule has 0 bridgehead atoms. The minimum atomic E-state index is -0.468. The smallest absolute Gasteiger partial charge is 0.410 e. The van der Waals surface area contributed by atoms with Gasteiger partial charge in [0.2, 0.25) is 0 Å². The predicted octanol–water partition coefficient (Wildman–Crippen LogP) is 2.05. The summed E-state index contributed by atoms with van der Waals surface area (Å²) in [6, 6.07) is 10.0. The fraction of sp³-hybridized carbons (Fsp3) is 0.529. The van der Waals surface area contributed by atoms with Crippen LogP contribution in [0.5, 0.6) is 0 Å². The molecular weight excluding hydrogens is 292 g/mol. The fourth-order valence-corrected chi connectivity index (χ4v) is 2.30. The van der Waals surface area contributed by atoms with Crippen molar-refractivity contribution in [2.24, 2.45) is 10.7 Å². The minimum absolute atomic E-state index is 0.267. The van der Waals surface area contributed by atoms with E-state index >= 15 is 0 Å². The Morgan fingerprint density at radius 1 is 1.13 bits per heavy atom. The zero-order valence-corrected chi connectivity index (χ0v) is 14.2. The van der Waals surface area contributed by atoms with Crippen LogP contribution in [0.2, 0.25) is 0 Å². The van der Waals surface area contributed by atoms with E-state index in [0.29, 0.717) is 38.7 Å². The number of nitrogens with zero attached hydrogens (tertiary/aromatic N) is 3. The maximum atomic E-state index is 12.0. The highest BCUT2D eigenvalue weighted by atomic mass is 16.6. The van der Waals surface area contributed by atoms with E-state index in [1.165, 1.54) is 0 Å². The predicted molar refractivity (Wildman–Crippen MR) is 91.1 cm³/mol. The molecule has 1 aliphatic heterocycles. The van der Waals surface area contributed by atoms with Gasteiger partial charge in [-0.2, -0.15) is 0 Å². The number of hydrogen-bond acceptors (Lipinski definition) is 3. The third-order valence-corrected chi connectivity index (χ3v) is 3.52. The van der Waals surface area contributed by atoms with Crippen LogP contribution in [-0.4, -0.2) is 53.6 Å². The van der Waals surface area contributed by atoms with Crippen molar-refractivity contribution in [2.75, 3.05) is 26.2 Å². The summed E-state index contributed by atoms with van der Waals surface area (Å²) >= 11 is 0. The van der Waals surface area contributed by atoms with Gasteiger partial charge in [0.05, 0.1) is 6.54 Å². The lowest BCUT2D eigenvalue weighted by atomic mass is 10.2. The lowest BCUT2D eigenvalue weighted by Gasteiger charge is -2.36. The van der Waals surface area contributed by atoms with E-state index in [9.17, 15) is 4.79 Å². The number of piperazine rings is 1. The van der Waals surface area contributed by atoms with Crippen LogP contribution < -0.4 is 5.73 Å². The highest BCUT2D eigenvalue weighted by molar-refractivity contribution is 5.78. The molecule has 23 heavy (non-hydrogen) atoms. The zero-order chi connectivity index (χ0) is 16.9. The average molecular weight is 318 g/mol. The summed E-state index contributed by atoms with van der Waals surface area (Å²) in [5.74, 6) is 0.526.